The zero-order valence-electron chi connectivity index (χ0n) is 14.9. The molecule has 0 radical (unpaired) electrons. The lowest BCUT2D eigenvalue weighted by molar-refractivity contribution is 0.282. The fraction of sp³-hybridized carbons (Fsp3) is 0.400. The van der Waals surface area contributed by atoms with Crippen LogP contribution in [-0.2, 0) is 13.2 Å². The number of unbranched alkanes of at least 4 members (excludes halogenated alkanes) is 2. The van der Waals surface area contributed by atoms with Gasteiger partial charge in [-0.2, -0.15) is 0 Å². The van der Waals surface area contributed by atoms with Crippen molar-refractivity contribution >= 4 is 27.5 Å². The Kier molecular flexibility index (Phi) is 9.26. The Morgan fingerprint density at radius 3 is 2.69 bits per heavy atom. The topological polar surface area (TPSA) is 50.7 Å². The molecule has 2 aromatic rings. The van der Waals surface area contributed by atoms with E-state index >= 15 is 0 Å². The van der Waals surface area contributed by atoms with Crippen LogP contribution in [0.1, 0.15) is 30.4 Å². The molecule has 0 fully saturated rings. The highest BCUT2D eigenvalue weighted by Crippen LogP contribution is 2.37. The van der Waals surface area contributed by atoms with E-state index in [9.17, 15) is 0 Å². The van der Waals surface area contributed by atoms with Crippen molar-refractivity contribution in [1.82, 2.24) is 5.32 Å². The van der Waals surface area contributed by atoms with Gasteiger partial charge in [0.2, 0.25) is 0 Å². The minimum absolute atomic E-state index is 0.265. The largest absolute Gasteiger partial charge is 0.493 e. The number of rotatable bonds is 11. The summed E-state index contributed by atoms with van der Waals surface area (Å²) in [5, 5.41) is 12.9. The second kappa shape index (κ2) is 11.4. The van der Waals surface area contributed by atoms with Crippen LogP contribution < -0.4 is 14.8 Å². The number of aliphatic hydroxyl groups is 1. The monoisotopic (exact) mass is 441 g/mol. The molecule has 2 aromatic carbocycles. The number of hydrogen-bond acceptors (Lipinski definition) is 4. The van der Waals surface area contributed by atoms with E-state index in [4.69, 9.17) is 26.2 Å². The molecule has 0 aromatic heterocycles. The van der Waals surface area contributed by atoms with Gasteiger partial charge < -0.3 is 19.9 Å². The number of methoxy groups -OCH3 is 1. The first-order valence-corrected chi connectivity index (χ1v) is 9.86. The van der Waals surface area contributed by atoms with Crippen LogP contribution in [0.3, 0.4) is 0 Å². The number of aliphatic hydroxyl groups excluding tert-OH is 1. The molecule has 0 aliphatic carbocycles. The summed E-state index contributed by atoms with van der Waals surface area (Å²) in [4.78, 5) is 0. The van der Waals surface area contributed by atoms with E-state index in [0.29, 0.717) is 23.1 Å². The Morgan fingerprint density at radius 2 is 1.96 bits per heavy atom. The molecular formula is C20H25BrClNO3. The fourth-order valence-electron chi connectivity index (χ4n) is 2.57. The van der Waals surface area contributed by atoms with Crippen LogP contribution in [-0.4, -0.2) is 25.4 Å². The van der Waals surface area contributed by atoms with Gasteiger partial charge in [-0.3, -0.25) is 0 Å². The summed E-state index contributed by atoms with van der Waals surface area (Å²) >= 11 is 9.60. The normalized spacial score (nSPS) is 10.8. The van der Waals surface area contributed by atoms with E-state index in [2.05, 4.69) is 21.2 Å². The van der Waals surface area contributed by atoms with Gasteiger partial charge in [0.05, 0.1) is 11.6 Å². The maximum atomic E-state index is 8.79. The van der Waals surface area contributed by atoms with Gasteiger partial charge in [0, 0.05) is 18.2 Å². The zero-order chi connectivity index (χ0) is 18.8. The SMILES string of the molecule is COc1cc(CNCCCCCO)cc(Br)c1OCc1cccc(Cl)c1. The molecule has 0 spiro atoms. The zero-order valence-corrected chi connectivity index (χ0v) is 17.3. The molecule has 0 unspecified atom stereocenters. The molecule has 0 amide bonds. The lowest BCUT2D eigenvalue weighted by Gasteiger charge is -2.15. The van der Waals surface area contributed by atoms with Crippen LogP contribution in [0.4, 0.5) is 0 Å². The van der Waals surface area contributed by atoms with E-state index in [1.807, 2.05) is 36.4 Å². The molecule has 0 saturated heterocycles. The Balaban J connectivity index is 1.95. The van der Waals surface area contributed by atoms with Gasteiger partial charge >= 0.3 is 0 Å². The maximum absolute atomic E-state index is 8.79. The van der Waals surface area contributed by atoms with E-state index in [1.54, 1.807) is 7.11 Å². The van der Waals surface area contributed by atoms with E-state index < -0.39 is 0 Å². The van der Waals surface area contributed by atoms with Crippen LogP contribution in [0, 0.1) is 0 Å². The Bertz CT molecular complexity index is 697. The van der Waals surface area contributed by atoms with Crippen molar-refractivity contribution in [1.29, 1.82) is 0 Å². The third-order valence-electron chi connectivity index (χ3n) is 3.90. The second-order valence-electron chi connectivity index (χ2n) is 5.99. The number of hydrogen-bond donors (Lipinski definition) is 2. The molecule has 0 bridgehead atoms. The average molecular weight is 443 g/mol. The summed E-state index contributed by atoms with van der Waals surface area (Å²) in [6, 6.07) is 11.6. The van der Waals surface area contributed by atoms with Gasteiger partial charge in [-0.15, -0.1) is 0 Å². The van der Waals surface area contributed by atoms with E-state index in [1.165, 1.54) is 0 Å². The number of benzene rings is 2. The van der Waals surface area contributed by atoms with Crippen LogP contribution in [0.2, 0.25) is 5.02 Å². The van der Waals surface area contributed by atoms with E-state index in [0.717, 1.165) is 48.0 Å². The van der Waals surface area contributed by atoms with Crippen molar-refractivity contribution in [2.24, 2.45) is 0 Å². The third kappa shape index (κ3) is 6.80. The first-order valence-electron chi connectivity index (χ1n) is 8.69. The quantitative estimate of drug-likeness (QED) is 0.484. The van der Waals surface area contributed by atoms with Crippen molar-refractivity contribution in [3.05, 3.63) is 57.0 Å². The molecule has 26 heavy (non-hydrogen) atoms. The molecule has 6 heteroatoms. The first-order chi connectivity index (χ1) is 12.6. The molecule has 4 nitrogen and oxygen atoms in total. The van der Waals surface area contributed by atoms with Gasteiger partial charge in [0.1, 0.15) is 6.61 Å². The van der Waals surface area contributed by atoms with Crippen molar-refractivity contribution in [2.45, 2.75) is 32.4 Å². The molecule has 0 saturated carbocycles. The Morgan fingerprint density at radius 1 is 1.12 bits per heavy atom. The van der Waals surface area contributed by atoms with Gasteiger partial charge in [-0.1, -0.05) is 23.7 Å². The molecule has 2 N–H and O–H groups in total. The van der Waals surface area contributed by atoms with Gasteiger partial charge in [-0.25, -0.2) is 0 Å². The molecule has 0 atom stereocenters. The molecule has 0 heterocycles. The van der Waals surface area contributed by atoms with Gasteiger partial charge in [0.15, 0.2) is 11.5 Å². The highest BCUT2D eigenvalue weighted by atomic mass is 79.9. The van der Waals surface area contributed by atoms with Crippen LogP contribution in [0.25, 0.3) is 0 Å². The third-order valence-corrected chi connectivity index (χ3v) is 4.73. The summed E-state index contributed by atoms with van der Waals surface area (Å²) < 4.78 is 12.3. The molecular weight excluding hydrogens is 418 g/mol. The fourth-order valence-corrected chi connectivity index (χ4v) is 3.39. The van der Waals surface area contributed by atoms with Crippen molar-refractivity contribution in [2.75, 3.05) is 20.3 Å². The van der Waals surface area contributed by atoms with Crippen molar-refractivity contribution < 1.29 is 14.6 Å². The summed E-state index contributed by atoms with van der Waals surface area (Å²) in [5.41, 5.74) is 2.12. The van der Waals surface area contributed by atoms with Crippen molar-refractivity contribution in [3.63, 3.8) is 0 Å². The molecule has 142 valence electrons. The second-order valence-corrected chi connectivity index (χ2v) is 7.28. The number of nitrogens with one attached hydrogen (secondary N) is 1. The van der Waals surface area contributed by atoms with Gasteiger partial charge in [0.25, 0.3) is 0 Å². The highest BCUT2D eigenvalue weighted by Gasteiger charge is 2.12. The van der Waals surface area contributed by atoms with E-state index in [-0.39, 0.29) is 6.61 Å². The standard InChI is InChI=1S/C20H25BrClNO3/c1-25-19-12-16(13-23-8-3-2-4-9-24)11-18(21)20(19)26-14-15-6-5-7-17(22)10-15/h5-7,10-12,23-24H,2-4,8-9,13-14H2,1H3. The minimum atomic E-state index is 0.265. The molecule has 0 aliphatic heterocycles. The lowest BCUT2D eigenvalue weighted by Crippen LogP contribution is -2.15. The Labute approximate surface area is 168 Å². The average Bonchev–Trinajstić information content (AvgIpc) is 2.63. The lowest BCUT2D eigenvalue weighted by atomic mass is 10.2. The molecule has 2 rings (SSSR count). The molecule has 0 aliphatic rings. The van der Waals surface area contributed by atoms with Crippen LogP contribution >= 0.6 is 27.5 Å². The summed E-state index contributed by atoms with van der Waals surface area (Å²) in [7, 11) is 1.64. The summed E-state index contributed by atoms with van der Waals surface area (Å²) in [6.45, 7) is 2.36. The first kappa shape index (κ1) is 21.0. The summed E-state index contributed by atoms with van der Waals surface area (Å²) in [6.07, 6.45) is 2.95. The number of ether oxygens (including phenoxy) is 2. The van der Waals surface area contributed by atoms with Gasteiger partial charge in [-0.05, 0) is 77.1 Å². The summed E-state index contributed by atoms with van der Waals surface area (Å²) in [5.74, 6) is 1.37. The predicted octanol–water partition coefficient (Wildman–Crippen LogP) is 4.94. The minimum Gasteiger partial charge on any atom is -0.493 e. The smallest absolute Gasteiger partial charge is 0.175 e. The van der Waals surface area contributed by atoms with Crippen LogP contribution in [0.5, 0.6) is 11.5 Å². The van der Waals surface area contributed by atoms with Crippen LogP contribution in [0.15, 0.2) is 40.9 Å². The highest BCUT2D eigenvalue weighted by molar-refractivity contribution is 9.10. The Hall–Kier alpha value is -1.27. The maximum Gasteiger partial charge on any atom is 0.175 e. The van der Waals surface area contributed by atoms with Crippen molar-refractivity contribution in [3.8, 4) is 11.5 Å². The predicted molar refractivity (Wildman–Crippen MR) is 109 cm³/mol. The number of halogens is 2.